The van der Waals surface area contributed by atoms with Crippen molar-refractivity contribution in [2.75, 3.05) is 0 Å². The maximum Gasteiger partial charge on any atom is 0.250 e. The minimum absolute atomic E-state index is 0.155. The molecule has 1 aromatic rings. The lowest BCUT2D eigenvalue weighted by Gasteiger charge is -2.19. The number of hydrogen-bond acceptors (Lipinski definition) is 1. The smallest absolute Gasteiger partial charge is 0.250 e. The molecule has 2 nitrogen and oxygen atoms in total. The predicted molar refractivity (Wildman–Crippen MR) is 87.3 cm³/mol. The van der Waals surface area contributed by atoms with E-state index in [0.717, 1.165) is 12.8 Å². The number of aromatic nitrogens is 1. The Morgan fingerprint density at radius 1 is 0.900 bits per heavy atom. The number of rotatable bonds is 11. The second-order valence-corrected chi connectivity index (χ2v) is 5.80. The van der Waals surface area contributed by atoms with E-state index in [9.17, 15) is 4.79 Å². The maximum atomic E-state index is 12.0. The van der Waals surface area contributed by atoms with Crippen molar-refractivity contribution in [2.24, 2.45) is 0 Å². The number of unbranched alkanes of at least 4 members (excludes halogenated alkanes) is 6. The first-order chi connectivity index (χ1) is 9.79. The van der Waals surface area contributed by atoms with Gasteiger partial charge in [-0.2, -0.15) is 0 Å². The monoisotopic (exact) mass is 277 g/mol. The first-order valence-electron chi connectivity index (χ1n) is 8.46. The fraction of sp³-hybridized carbons (Fsp3) is 0.722. The van der Waals surface area contributed by atoms with Gasteiger partial charge in [-0.15, -0.1) is 0 Å². The molecule has 0 aliphatic rings. The molecular weight excluding hydrogens is 246 g/mol. The Labute approximate surface area is 124 Å². The molecule has 1 heterocycles. The summed E-state index contributed by atoms with van der Waals surface area (Å²) >= 11 is 0. The Bertz CT molecular complexity index is 396. The lowest BCUT2D eigenvalue weighted by molar-refractivity contribution is 0.389. The van der Waals surface area contributed by atoms with Gasteiger partial charge in [0.2, 0.25) is 0 Å². The average molecular weight is 277 g/mol. The van der Waals surface area contributed by atoms with Crippen LogP contribution < -0.4 is 5.56 Å². The molecule has 0 aliphatic heterocycles. The van der Waals surface area contributed by atoms with Gasteiger partial charge in [0.05, 0.1) is 0 Å². The second kappa shape index (κ2) is 10.7. The van der Waals surface area contributed by atoms with Gasteiger partial charge >= 0.3 is 0 Å². The normalized spacial score (nSPS) is 12.5. The van der Waals surface area contributed by atoms with Crippen LogP contribution in [0.1, 0.15) is 84.1 Å². The third-order valence-corrected chi connectivity index (χ3v) is 4.03. The van der Waals surface area contributed by atoms with Gasteiger partial charge in [0, 0.05) is 18.3 Å². The predicted octanol–water partition coefficient (Wildman–Crippen LogP) is 5.33. The zero-order valence-electron chi connectivity index (χ0n) is 13.3. The molecule has 0 spiro atoms. The van der Waals surface area contributed by atoms with Gasteiger partial charge < -0.3 is 4.57 Å². The van der Waals surface area contributed by atoms with E-state index in [-0.39, 0.29) is 5.56 Å². The molecule has 0 bridgehead atoms. The molecule has 1 aromatic heterocycles. The zero-order valence-corrected chi connectivity index (χ0v) is 13.3. The molecule has 0 saturated carbocycles. The second-order valence-electron chi connectivity index (χ2n) is 5.80. The van der Waals surface area contributed by atoms with Gasteiger partial charge in [0.15, 0.2) is 0 Å². The minimum atomic E-state index is 0.155. The Balaban J connectivity index is 2.52. The van der Waals surface area contributed by atoms with Crippen molar-refractivity contribution in [3.8, 4) is 0 Å². The Hall–Kier alpha value is -1.05. The summed E-state index contributed by atoms with van der Waals surface area (Å²) in [6.07, 6.45) is 14.5. The third kappa shape index (κ3) is 6.40. The third-order valence-electron chi connectivity index (χ3n) is 4.03. The number of pyridine rings is 1. The molecule has 1 rings (SSSR count). The summed E-state index contributed by atoms with van der Waals surface area (Å²) in [4.78, 5) is 12.0. The first-order valence-corrected chi connectivity index (χ1v) is 8.46. The SMILES string of the molecule is CCCCCCCC(CCCCC)n1ccccc1=O. The Morgan fingerprint density at radius 2 is 1.50 bits per heavy atom. The van der Waals surface area contributed by atoms with Crippen LogP contribution in [0.4, 0.5) is 0 Å². The lowest BCUT2D eigenvalue weighted by Crippen LogP contribution is -2.23. The van der Waals surface area contributed by atoms with E-state index in [1.54, 1.807) is 6.07 Å². The van der Waals surface area contributed by atoms with E-state index in [4.69, 9.17) is 0 Å². The quantitative estimate of drug-likeness (QED) is 0.501. The van der Waals surface area contributed by atoms with Gasteiger partial charge in [-0.25, -0.2) is 0 Å². The van der Waals surface area contributed by atoms with E-state index in [1.165, 1.54) is 51.4 Å². The summed E-state index contributed by atoms with van der Waals surface area (Å²) in [5, 5.41) is 0. The van der Waals surface area contributed by atoms with Gasteiger partial charge in [-0.3, -0.25) is 4.79 Å². The van der Waals surface area contributed by atoms with Crippen LogP contribution in [0.5, 0.6) is 0 Å². The van der Waals surface area contributed by atoms with E-state index < -0.39 is 0 Å². The summed E-state index contributed by atoms with van der Waals surface area (Å²) in [6.45, 7) is 4.48. The maximum absolute atomic E-state index is 12.0. The van der Waals surface area contributed by atoms with Crippen molar-refractivity contribution < 1.29 is 0 Å². The van der Waals surface area contributed by atoms with Gasteiger partial charge in [0.1, 0.15) is 0 Å². The van der Waals surface area contributed by atoms with Crippen molar-refractivity contribution in [2.45, 2.75) is 84.1 Å². The molecular formula is C18H31NO. The lowest BCUT2D eigenvalue weighted by atomic mass is 10.0. The number of hydrogen-bond donors (Lipinski definition) is 0. The molecule has 0 N–H and O–H groups in total. The van der Waals surface area contributed by atoms with Gasteiger partial charge in [-0.05, 0) is 18.9 Å². The van der Waals surface area contributed by atoms with Crippen LogP contribution >= 0.6 is 0 Å². The molecule has 0 radical (unpaired) electrons. The van der Waals surface area contributed by atoms with E-state index in [1.807, 2.05) is 22.9 Å². The van der Waals surface area contributed by atoms with E-state index in [2.05, 4.69) is 13.8 Å². The molecule has 1 unspecified atom stereocenters. The summed E-state index contributed by atoms with van der Waals surface area (Å²) in [5.74, 6) is 0. The Kier molecular flexibility index (Phi) is 9.10. The highest BCUT2D eigenvalue weighted by molar-refractivity contribution is 4.95. The summed E-state index contributed by atoms with van der Waals surface area (Å²) in [5.41, 5.74) is 0.155. The van der Waals surface area contributed by atoms with Crippen LogP contribution in [0.15, 0.2) is 29.2 Å². The van der Waals surface area contributed by atoms with Crippen LogP contribution in [-0.4, -0.2) is 4.57 Å². The highest BCUT2D eigenvalue weighted by atomic mass is 16.1. The van der Waals surface area contributed by atoms with Crippen LogP contribution in [0.3, 0.4) is 0 Å². The molecule has 0 saturated heterocycles. The van der Waals surface area contributed by atoms with E-state index >= 15 is 0 Å². The highest BCUT2D eigenvalue weighted by Gasteiger charge is 2.11. The van der Waals surface area contributed by atoms with Crippen LogP contribution in [0, 0.1) is 0 Å². The summed E-state index contributed by atoms with van der Waals surface area (Å²) in [7, 11) is 0. The molecule has 20 heavy (non-hydrogen) atoms. The largest absolute Gasteiger partial charge is 0.312 e. The van der Waals surface area contributed by atoms with E-state index in [0.29, 0.717) is 6.04 Å². The van der Waals surface area contributed by atoms with Crippen LogP contribution in [0.25, 0.3) is 0 Å². The van der Waals surface area contributed by atoms with Crippen molar-refractivity contribution in [3.63, 3.8) is 0 Å². The highest BCUT2D eigenvalue weighted by Crippen LogP contribution is 2.21. The summed E-state index contributed by atoms with van der Waals surface area (Å²) < 4.78 is 1.95. The fourth-order valence-electron chi connectivity index (χ4n) is 2.78. The standard InChI is InChI=1S/C18H31NO/c1-3-5-7-8-10-14-17(13-9-6-4-2)19-16-12-11-15-18(19)20/h11-12,15-17H,3-10,13-14H2,1-2H3. The van der Waals surface area contributed by atoms with Crippen molar-refractivity contribution in [3.05, 3.63) is 34.7 Å². The number of nitrogens with zero attached hydrogens (tertiary/aromatic N) is 1. The molecule has 0 fully saturated rings. The Morgan fingerprint density at radius 3 is 2.15 bits per heavy atom. The topological polar surface area (TPSA) is 22.0 Å². The molecule has 1 atom stereocenters. The first kappa shape index (κ1) is 17.0. The van der Waals surface area contributed by atoms with Crippen LogP contribution in [-0.2, 0) is 0 Å². The van der Waals surface area contributed by atoms with Crippen LogP contribution in [0.2, 0.25) is 0 Å². The average Bonchev–Trinajstić information content (AvgIpc) is 2.46. The van der Waals surface area contributed by atoms with Crippen molar-refractivity contribution in [1.82, 2.24) is 4.57 Å². The molecule has 2 heteroatoms. The minimum Gasteiger partial charge on any atom is -0.312 e. The molecule has 0 amide bonds. The molecule has 0 aromatic carbocycles. The fourth-order valence-corrected chi connectivity index (χ4v) is 2.78. The molecule has 114 valence electrons. The zero-order chi connectivity index (χ0) is 14.6. The van der Waals surface area contributed by atoms with Gasteiger partial charge in [0.25, 0.3) is 5.56 Å². The van der Waals surface area contributed by atoms with Crippen molar-refractivity contribution in [1.29, 1.82) is 0 Å². The molecule has 0 aliphatic carbocycles. The van der Waals surface area contributed by atoms with Crippen molar-refractivity contribution >= 4 is 0 Å². The summed E-state index contributed by atoms with van der Waals surface area (Å²) in [6, 6.07) is 5.90. The van der Waals surface area contributed by atoms with Gasteiger partial charge in [-0.1, -0.05) is 71.3 Å².